The van der Waals surface area contributed by atoms with E-state index >= 15 is 0 Å². The van der Waals surface area contributed by atoms with Crippen LogP contribution in [-0.2, 0) is 14.9 Å². The molecule has 1 saturated carbocycles. The topological polar surface area (TPSA) is 46.5 Å². The average Bonchev–Trinajstić information content (AvgIpc) is 3.20. The zero-order valence-electron chi connectivity index (χ0n) is 10.8. The number of carbonyl (C=O) groups is 1. The van der Waals surface area contributed by atoms with Crippen LogP contribution in [0.5, 0.6) is 0 Å². The molecule has 0 aliphatic heterocycles. The van der Waals surface area contributed by atoms with Crippen LogP contribution in [0, 0.1) is 5.92 Å². The molecular formula is C15H20O3. The van der Waals surface area contributed by atoms with E-state index < -0.39 is 11.4 Å². The van der Waals surface area contributed by atoms with E-state index in [-0.39, 0.29) is 6.61 Å². The lowest BCUT2D eigenvalue weighted by molar-refractivity contribution is -0.147. The molecule has 1 N–H and O–H groups in total. The number of ether oxygens (including phenoxy) is 1. The molecule has 1 atom stereocenters. The van der Waals surface area contributed by atoms with Crippen molar-refractivity contribution in [3.8, 4) is 0 Å². The Morgan fingerprint density at radius 2 is 2.06 bits per heavy atom. The Hall–Kier alpha value is -1.35. The van der Waals surface area contributed by atoms with Gasteiger partial charge in [-0.15, -0.1) is 0 Å². The lowest BCUT2D eigenvalue weighted by atomic mass is 9.79. The molecule has 0 amide bonds. The minimum Gasteiger partial charge on any atom is -0.481 e. The van der Waals surface area contributed by atoms with Crippen LogP contribution in [0.1, 0.15) is 31.7 Å². The smallest absolute Gasteiger partial charge is 0.316 e. The molecule has 0 radical (unpaired) electrons. The van der Waals surface area contributed by atoms with Crippen molar-refractivity contribution in [2.75, 3.05) is 13.2 Å². The zero-order valence-corrected chi connectivity index (χ0v) is 10.8. The molecule has 1 aliphatic carbocycles. The van der Waals surface area contributed by atoms with E-state index in [9.17, 15) is 9.90 Å². The first-order valence-electron chi connectivity index (χ1n) is 6.55. The summed E-state index contributed by atoms with van der Waals surface area (Å²) in [7, 11) is 0. The predicted molar refractivity (Wildman–Crippen MR) is 69.6 cm³/mol. The SMILES string of the molecule is CCC(COCC1CC1)(C(=O)O)c1ccccc1. The lowest BCUT2D eigenvalue weighted by Gasteiger charge is -2.28. The standard InChI is InChI=1S/C15H20O3/c1-2-15(14(16)17,11-18-10-12-8-9-12)13-6-4-3-5-7-13/h3-7,12H,2,8-11H2,1H3,(H,16,17). The summed E-state index contributed by atoms with van der Waals surface area (Å²) in [6.45, 7) is 2.86. The van der Waals surface area contributed by atoms with E-state index in [0.717, 1.165) is 5.56 Å². The maximum atomic E-state index is 11.7. The summed E-state index contributed by atoms with van der Waals surface area (Å²) in [6.07, 6.45) is 2.98. The monoisotopic (exact) mass is 248 g/mol. The Labute approximate surface area is 108 Å². The number of rotatable bonds is 7. The molecule has 0 spiro atoms. The molecule has 2 rings (SSSR count). The van der Waals surface area contributed by atoms with Crippen LogP contribution in [0.15, 0.2) is 30.3 Å². The highest BCUT2D eigenvalue weighted by atomic mass is 16.5. The quantitative estimate of drug-likeness (QED) is 0.807. The van der Waals surface area contributed by atoms with E-state index in [1.165, 1.54) is 12.8 Å². The minimum absolute atomic E-state index is 0.263. The van der Waals surface area contributed by atoms with Gasteiger partial charge < -0.3 is 9.84 Å². The van der Waals surface area contributed by atoms with E-state index in [4.69, 9.17) is 4.74 Å². The summed E-state index contributed by atoms with van der Waals surface area (Å²) in [5.41, 5.74) is -0.0772. The van der Waals surface area contributed by atoms with Gasteiger partial charge in [-0.25, -0.2) is 0 Å². The Morgan fingerprint density at radius 1 is 1.39 bits per heavy atom. The van der Waals surface area contributed by atoms with Crippen LogP contribution in [0.25, 0.3) is 0 Å². The molecule has 3 nitrogen and oxygen atoms in total. The molecule has 98 valence electrons. The number of hydrogen-bond donors (Lipinski definition) is 1. The van der Waals surface area contributed by atoms with Gasteiger partial charge in [0, 0.05) is 6.61 Å². The number of carboxylic acid groups (broad SMARTS) is 1. The van der Waals surface area contributed by atoms with Gasteiger partial charge >= 0.3 is 5.97 Å². The van der Waals surface area contributed by atoms with Gasteiger partial charge in [0.2, 0.25) is 0 Å². The van der Waals surface area contributed by atoms with Crippen LogP contribution in [0.3, 0.4) is 0 Å². The van der Waals surface area contributed by atoms with Gasteiger partial charge in [-0.1, -0.05) is 37.3 Å². The third-order valence-electron chi connectivity index (χ3n) is 3.74. The van der Waals surface area contributed by atoms with Crippen LogP contribution < -0.4 is 0 Å². The highest BCUT2D eigenvalue weighted by Gasteiger charge is 2.39. The third-order valence-corrected chi connectivity index (χ3v) is 3.74. The number of hydrogen-bond acceptors (Lipinski definition) is 2. The van der Waals surface area contributed by atoms with Gasteiger partial charge in [-0.3, -0.25) is 4.79 Å². The van der Waals surface area contributed by atoms with Gasteiger partial charge in [-0.05, 0) is 30.7 Å². The van der Waals surface area contributed by atoms with Crippen molar-refractivity contribution >= 4 is 5.97 Å². The molecule has 0 aromatic heterocycles. The Morgan fingerprint density at radius 3 is 2.56 bits per heavy atom. The van der Waals surface area contributed by atoms with Gasteiger partial charge in [0.25, 0.3) is 0 Å². The second-order valence-corrected chi connectivity index (χ2v) is 5.07. The molecule has 1 aromatic carbocycles. The van der Waals surface area contributed by atoms with Gasteiger partial charge in [0.15, 0.2) is 0 Å². The second kappa shape index (κ2) is 5.53. The van der Waals surface area contributed by atoms with Crippen molar-refractivity contribution < 1.29 is 14.6 Å². The molecule has 0 saturated heterocycles. The van der Waals surface area contributed by atoms with Crippen molar-refractivity contribution in [3.63, 3.8) is 0 Å². The van der Waals surface area contributed by atoms with Gasteiger partial charge in [0.05, 0.1) is 6.61 Å². The van der Waals surface area contributed by atoms with Gasteiger partial charge in [-0.2, -0.15) is 0 Å². The fraction of sp³-hybridized carbons (Fsp3) is 0.533. The van der Waals surface area contributed by atoms with Crippen molar-refractivity contribution in [2.24, 2.45) is 5.92 Å². The first-order valence-corrected chi connectivity index (χ1v) is 6.55. The molecule has 1 aliphatic rings. The van der Waals surface area contributed by atoms with Gasteiger partial charge in [0.1, 0.15) is 5.41 Å². The maximum absolute atomic E-state index is 11.7. The predicted octanol–water partition coefficient (Wildman–Crippen LogP) is 2.85. The van der Waals surface area contributed by atoms with Crippen molar-refractivity contribution in [1.82, 2.24) is 0 Å². The van der Waals surface area contributed by atoms with Crippen LogP contribution >= 0.6 is 0 Å². The molecule has 0 bridgehead atoms. The molecule has 18 heavy (non-hydrogen) atoms. The minimum atomic E-state index is -0.907. The van der Waals surface area contributed by atoms with Crippen molar-refractivity contribution in [1.29, 1.82) is 0 Å². The maximum Gasteiger partial charge on any atom is 0.316 e. The molecule has 3 heteroatoms. The average molecular weight is 248 g/mol. The molecule has 1 fully saturated rings. The summed E-state index contributed by atoms with van der Waals surface area (Å²) >= 11 is 0. The number of benzene rings is 1. The van der Waals surface area contributed by atoms with Crippen LogP contribution in [0.4, 0.5) is 0 Å². The third kappa shape index (κ3) is 2.72. The van der Waals surface area contributed by atoms with Crippen LogP contribution in [-0.4, -0.2) is 24.3 Å². The van der Waals surface area contributed by atoms with E-state index in [1.54, 1.807) is 0 Å². The fourth-order valence-electron chi connectivity index (χ4n) is 2.17. The Bertz CT molecular complexity index is 397. The largest absolute Gasteiger partial charge is 0.481 e. The number of carboxylic acids is 1. The zero-order chi connectivity index (χ0) is 13.0. The summed E-state index contributed by atoms with van der Waals surface area (Å²) in [6, 6.07) is 9.40. The summed E-state index contributed by atoms with van der Waals surface area (Å²) < 4.78 is 5.65. The summed E-state index contributed by atoms with van der Waals surface area (Å²) in [4.78, 5) is 11.7. The molecule has 1 aromatic rings. The van der Waals surface area contributed by atoms with E-state index in [0.29, 0.717) is 18.9 Å². The molecular weight excluding hydrogens is 228 g/mol. The van der Waals surface area contributed by atoms with E-state index in [2.05, 4.69) is 0 Å². The Kier molecular flexibility index (Phi) is 4.02. The van der Waals surface area contributed by atoms with Crippen molar-refractivity contribution in [2.45, 2.75) is 31.6 Å². The van der Waals surface area contributed by atoms with Crippen LogP contribution in [0.2, 0.25) is 0 Å². The van der Waals surface area contributed by atoms with E-state index in [1.807, 2.05) is 37.3 Å². The normalized spacial score (nSPS) is 18.3. The highest BCUT2D eigenvalue weighted by Crippen LogP contribution is 2.32. The first kappa shape index (κ1) is 13.1. The summed E-state index contributed by atoms with van der Waals surface area (Å²) in [5.74, 6) is -0.142. The fourth-order valence-corrected chi connectivity index (χ4v) is 2.17. The van der Waals surface area contributed by atoms with Crippen molar-refractivity contribution in [3.05, 3.63) is 35.9 Å². The summed E-state index contributed by atoms with van der Waals surface area (Å²) in [5, 5.41) is 9.58. The Balaban J connectivity index is 2.13. The number of aliphatic carboxylic acids is 1. The molecule has 1 unspecified atom stereocenters. The lowest BCUT2D eigenvalue weighted by Crippen LogP contribution is -2.40. The second-order valence-electron chi connectivity index (χ2n) is 5.07. The first-order chi connectivity index (χ1) is 8.69. The molecule has 0 heterocycles. The highest BCUT2D eigenvalue weighted by molar-refractivity contribution is 5.81.